The zero-order valence-electron chi connectivity index (χ0n) is 8.86. The van der Waals surface area contributed by atoms with Crippen LogP contribution in [0.4, 0.5) is 0 Å². The molecule has 2 atom stereocenters. The van der Waals surface area contributed by atoms with Crippen LogP contribution in [0.5, 0.6) is 0 Å². The van der Waals surface area contributed by atoms with Crippen LogP contribution in [0, 0.1) is 11.8 Å². The lowest BCUT2D eigenvalue weighted by Gasteiger charge is -2.22. The normalized spacial score (nSPS) is 14.2. The summed E-state index contributed by atoms with van der Waals surface area (Å²) in [6.07, 6.45) is 1.61. The van der Waals surface area contributed by atoms with E-state index in [9.17, 15) is 9.59 Å². The molecule has 0 heterocycles. The molecule has 0 saturated carbocycles. The van der Waals surface area contributed by atoms with E-state index in [0.29, 0.717) is 6.54 Å². The fourth-order valence-electron chi connectivity index (χ4n) is 1.06. The minimum absolute atomic E-state index is 0.167. The van der Waals surface area contributed by atoms with Crippen molar-refractivity contribution in [2.75, 3.05) is 13.6 Å². The van der Waals surface area contributed by atoms with Gasteiger partial charge < -0.3 is 10.0 Å². The number of amides is 1. The van der Waals surface area contributed by atoms with Crippen LogP contribution < -0.4 is 0 Å². The van der Waals surface area contributed by atoms with Crippen molar-refractivity contribution in [1.29, 1.82) is 0 Å². The maximum atomic E-state index is 11.6. The smallest absolute Gasteiger partial charge is 0.307 e. The van der Waals surface area contributed by atoms with Gasteiger partial charge in [0.15, 0.2) is 0 Å². The molecule has 0 aliphatic rings. The van der Waals surface area contributed by atoms with Gasteiger partial charge in [0.2, 0.25) is 5.91 Å². The van der Waals surface area contributed by atoms with E-state index in [-0.39, 0.29) is 5.91 Å². The van der Waals surface area contributed by atoms with Gasteiger partial charge in [-0.1, -0.05) is 19.9 Å². The predicted molar refractivity (Wildman–Crippen MR) is 53.8 cm³/mol. The minimum atomic E-state index is -0.946. The second kappa shape index (κ2) is 5.42. The summed E-state index contributed by atoms with van der Waals surface area (Å²) in [6, 6.07) is 0. The third kappa shape index (κ3) is 3.20. The molecule has 0 rings (SSSR count). The van der Waals surface area contributed by atoms with E-state index in [0.717, 1.165) is 0 Å². The monoisotopic (exact) mass is 199 g/mol. The average molecular weight is 199 g/mol. The van der Waals surface area contributed by atoms with Crippen molar-refractivity contribution < 1.29 is 14.7 Å². The third-order valence-electron chi connectivity index (χ3n) is 2.31. The van der Waals surface area contributed by atoms with Crippen molar-refractivity contribution in [2.45, 2.75) is 13.8 Å². The molecular weight excluding hydrogens is 182 g/mol. The number of carbonyl (C=O) groups excluding carboxylic acids is 1. The van der Waals surface area contributed by atoms with Crippen LogP contribution in [0.15, 0.2) is 12.7 Å². The molecule has 1 amide bonds. The highest BCUT2D eigenvalue weighted by molar-refractivity contribution is 5.84. The van der Waals surface area contributed by atoms with E-state index in [4.69, 9.17) is 5.11 Å². The summed E-state index contributed by atoms with van der Waals surface area (Å²) in [7, 11) is 1.63. The number of hydrogen-bond donors (Lipinski definition) is 1. The molecule has 0 aromatic carbocycles. The Morgan fingerprint density at radius 2 is 1.93 bits per heavy atom. The summed E-state index contributed by atoms with van der Waals surface area (Å²) in [6.45, 7) is 7.11. The molecule has 0 aromatic heterocycles. The van der Waals surface area contributed by atoms with Crippen LogP contribution in [0.1, 0.15) is 13.8 Å². The van der Waals surface area contributed by atoms with Crippen molar-refractivity contribution in [3.63, 3.8) is 0 Å². The first kappa shape index (κ1) is 12.7. The Kier molecular flexibility index (Phi) is 4.91. The standard InChI is InChI=1S/C10H17NO3/c1-5-6-11(4)9(12)7(2)8(3)10(13)14/h5,7-8H,1,6H2,2-4H3,(H,13,14). The van der Waals surface area contributed by atoms with E-state index >= 15 is 0 Å². The molecule has 1 N–H and O–H groups in total. The fraction of sp³-hybridized carbons (Fsp3) is 0.600. The van der Waals surface area contributed by atoms with Gasteiger partial charge in [-0.15, -0.1) is 6.58 Å². The van der Waals surface area contributed by atoms with E-state index < -0.39 is 17.8 Å². The van der Waals surface area contributed by atoms with Gasteiger partial charge in [0.25, 0.3) is 0 Å². The molecule has 0 bridgehead atoms. The Hall–Kier alpha value is -1.32. The van der Waals surface area contributed by atoms with Gasteiger partial charge in [0.05, 0.1) is 5.92 Å². The molecule has 0 radical (unpaired) electrons. The van der Waals surface area contributed by atoms with Gasteiger partial charge in [-0.05, 0) is 0 Å². The maximum Gasteiger partial charge on any atom is 0.307 e. The molecule has 80 valence electrons. The second-order valence-corrected chi connectivity index (χ2v) is 3.42. The summed E-state index contributed by atoms with van der Waals surface area (Å²) in [4.78, 5) is 23.7. The molecule has 0 aliphatic carbocycles. The Labute approximate surface area is 84.2 Å². The van der Waals surface area contributed by atoms with Crippen molar-refractivity contribution in [3.8, 4) is 0 Å². The molecule has 0 aromatic rings. The summed E-state index contributed by atoms with van der Waals surface area (Å²) in [5.74, 6) is -2.27. The third-order valence-corrected chi connectivity index (χ3v) is 2.31. The van der Waals surface area contributed by atoms with Crippen LogP contribution in [0.25, 0.3) is 0 Å². The number of nitrogens with zero attached hydrogens (tertiary/aromatic N) is 1. The molecule has 0 aliphatic heterocycles. The minimum Gasteiger partial charge on any atom is -0.481 e. The van der Waals surface area contributed by atoms with E-state index in [1.165, 1.54) is 11.8 Å². The van der Waals surface area contributed by atoms with E-state index in [1.54, 1.807) is 20.0 Å². The van der Waals surface area contributed by atoms with Crippen LogP contribution in [-0.2, 0) is 9.59 Å². The van der Waals surface area contributed by atoms with Crippen molar-refractivity contribution in [3.05, 3.63) is 12.7 Å². The number of carboxylic acid groups (broad SMARTS) is 1. The Balaban J connectivity index is 4.37. The van der Waals surface area contributed by atoms with Crippen LogP contribution >= 0.6 is 0 Å². The summed E-state index contributed by atoms with van der Waals surface area (Å²) >= 11 is 0. The molecular formula is C10H17NO3. The highest BCUT2D eigenvalue weighted by Crippen LogP contribution is 2.13. The molecule has 4 heteroatoms. The molecule has 4 nitrogen and oxygen atoms in total. The zero-order valence-corrected chi connectivity index (χ0v) is 8.86. The number of rotatable bonds is 5. The van der Waals surface area contributed by atoms with Gasteiger partial charge in [-0.3, -0.25) is 9.59 Å². The van der Waals surface area contributed by atoms with Crippen molar-refractivity contribution in [2.24, 2.45) is 11.8 Å². The highest BCUT2D eigenvalue weighted by Gasteiger charge is 2.27. The maximum absolute atomic E-state index is 11.6. The largest absolute Gasteiger partial charge is 0.481 e. The first-order valence-electron chi connectivity index (χ1n) is 4.50. The van der Waals surface area contributed by atoms with Crippen molar-refractivity contribution in [1.82, 2.24) is 4.90 Å². The lowest BCUT2D eigenvalue weighted by molar-refractivity contribution is -0.148. The molecule has 0 spiro atoms. The highest BCUT2D eigenvalue weighted by atomic mass is 16.4. The van der Waals surface area contributed by atoms with Gasteiger partial charge >= 0.3 is 5.97 Å². The fourth-order valence-corrected chi connectivity index (χ4v) is 1.06. The summed E-state index contributed by atoms with van der Waals surface area (Å²) in [5.41, 5.74) is 0. The Morgan fingerprint density at radius 3 is 2.29 bits per heavy atom. The second-order valence-electron chi connectivity index (χ2n) is 3.42. The zero-order chi connectivity index (χ0) is 11.3. The van der Waals surface area contributed by atoms with Crippen molar-refractivity contribution >= 4 is 11.9 Å². The van der Waals surface area contributed by atoms with E-state index in [2.05, 4.69) is 6.58 Å². The Morgan fingerprint density at radius 1 is 1.43 bits per heavy atom. The molecule has 14 heavy (non-hydrogen) atoms. The number of carbonyl (C=O) groups is 2. The quantitative estimate of drug-likeness (QED) is 0.672. The first-order chi connectivity index (χ1) is 6.41. The number of aliphatic carboxylic acids is 1. The van der Waals surface area contributed by atoms with Gasteiger partial charge in [-0.25, -0.2) is 0 Å². The molecule has 2 unspecified atom stereocenters. The summed E-state index contributed by atoms with van der Waals surface area (Å²) in [5, 5.41) is 8.72. The first-order valence-corrected chi connectivity index (χ1v) is 4.50. The number of hydrogen-bond acceptors (Lipinski definition) is 2. The SMILES string of the molecule is C=CCN(C)C(=O)C(C)C(C)C(=O)O. The lowest BCUT2D eigenvalue weighted by Crippen LogP contribution is -2.36. The van der Waals surface area contributed by atoms with Crippen LogP contribution in [0.3, 0.4) is 0 Å². The van der Waals surface area contributed by atoms with Gasteiger partial charge in [-0.2, -0.15) is 0 Å². The number of carboxylic acids is 1. The molecule has 0 fully saturated rings. The molecule has 0 saturated heterocycles. The lowest BCUT2D eigenvalue weighted by atomic mass is 9.95. The van der Waals surface area contributed by atoms with E-state index in [1.807, 2.05) is 0 Å². The Bertz CT molecular complexity index is 238. The summed E-state index contributed by atoms with van der Waals surface area (Å²) < 4.78 is 0. The van der Waals surface area contributed by atoms with Crippen LogP contribution in [-0.4, -0.2) is 35.5 Å². The average Bonchev–Trinajstić information content (AvgIpc) is 2.14. The topological polar surface area (TPSA) is 57.6 Å². The predicted octanol–water partition coefficient (Wildman–Crippen LogP) is 0.988. The van der Waals surface area contributed by atoms with Crippen LogP contribution in [0.2, 0.25) is 0 Å². The van der Waals surface area contributed by atoms with Gasteiger partial charge in [0.1, 0.15) is 0 Å². The van der Waals surface area contributed by atoms with Gasteiger partial charge in [0, 0.05) is 19.5 Å². The number of likely N-dealkylation sites (N-methyl/N-ethyl adjacent to an activating group) is 1.